The molecule has 0 spiro atoms. The van der Waals surface area contributed by atoms with Crippen molar-refractivity contribution >= 4 is 17.6 Å². The third-order valence-electron chi connectivity index (χ3n) is 6.84. The summed E-state index contributed by atoms with van der Waals surface area (Å²) in [7, 11) is 0. The van der Waals surface area contributed by atoms with Gasteiger partial charge < -0.3 is 21.3 Å². The van der Waals surface area contributed by atoms with Crippen molar-refractivity contribution < 1.29 is 14.0 Å². The van der Waals surface area contributed by atoms with Crippen molar-refractivity contribution in [3.05, 3.63) is 83.2 Å². The molecule has 202 valence electrons. The van der Waals surface area contributed by atoms with Crippen LogP contribution < -0.4 is 16.4 Å². The molecule has 4 N–H and O–H groups in total. The smallest absolute Gasteiger partial charge is 0.255 e. The summed E-state index contributed by atoms with van der Waals surface area (Å²) in [6.45, 7) is 2.67. The Morgan fingerprint density at radius 2 is 2.00 bits per heavy atom. The number of nitriles is 1. The molecule has 8 nitrogen and oxygen atoms in total. The second kappa shape index (κ2) is 13.5. The minimum atomic E-state index is -0.299. The number of benzene rings is 2. The van der Waals surface area contributed by atoms with E-state index in [1.807, 2.05) is 23.1 Å². The third kappa shape index (κ3) is 7.39. The summed E-state index contributed by atoms with van der Waals surface area (Å²) in [5, 5.41) is 15.8. The molecule has 2 amide bonds. The first-order chi connectivity index (χ1) is 19.0. The van der Waals surface area contributed by atoms with Crippen LogP contribution in [0.1, 0.15) is 40.7 Å². The van der Waals surface area contributed by atoms with Crippen LogP contribution in [0.2, 0.25) is 0 Å². The SMILES string of the molecule is N#Cc1ccccc1-c1ccc(C(=O)NCC2CCN(C(=O)CCCN)C2)c(NCCc2cccc(F)c2)n1. The van der Waals surface area contributed by atoms with Crippen LogP contribution in [-0.2, 0) is 11.2 Å². The first-order valence-corrected chi connectivity index (χ1v) is 13.2. The molecule has 39 heavy (non-hydrogen) atoms. The van der Waals surface area contributed by atoms with Gasteiger partial charge in [-0.3, -0.25) is 9.59 Å². The predicted molar refractivity (Wildman–Crippen MR) is 148 cm³/mol. The lowest BCUT2D eigenvalue weighted by atomic mass is 10.0. The van der Waals surface area contributed by atoms with E-state index in [1.54, 1.807) is 30.3 Å². The number of halogens is 1. The molecule has 4 rings (SSSR count). The molecule has 1 unspecified atom stereocenters. The molecule has 0 radical (unpaired) electrons. The number of likely N-dealkylation sites (tertiary alicyclic amines) is 1. The summed E-state index contributed by atoms with van der Waals surface area (Å²) in [6, 6.07) is 19.2. The lowest BCUT2D eigenvalue weighted by molar-refractivity contribution is -0.130. The third-order valence-corrected chi connectivity index (χ3v) is 6.84. The Hall–Kier alpha value is -4.29. The molecule has 0 bridgehead atoms. The van der Waals surface area contributed by atoms with E-state index in [2.05, 4.69) is 16.7 Å². The van der Waals surface area contributed by atoms with Crippen molar-refractivity contribution in [3.63, 3.8) is 0 Å². The first kappa shape index (κ1) is 27.7. The van der Waals surface area contributed by atoms with Gasteiger partial charge in [-0.2, -0.15) is 5.26 Å². The highest BCUT2D eigenvalue weighted by Crippen LogP contribution is 2.25. The molecule has 1 saturated heterocycles. The minimum absolute atomic E-state index is 0.108. The van der Waals surface area contributed by atoms with Crippen molar-refractivity contribution in [2.24, 2.45) is 11.7 Å². The molecule has 1 aromatic heterocycles. The first-order valence-electron chi connectivity index (χ1n) is 13.2. The van der Waals surface area contributed by atoms with Gasteiger partial charge in [0.2, 0.25) is 5.91 Å². The van der Waals surface area contributed by atoms with Crippen LogP contribution in [0.3, 0.4) is 0 Å². The van der Waals surface area contributed by atoms with E-state index in [1.165, 1.54) is 12.1 Å². The highest BCUT2D eigenvalue weighted by atomic mass is 19.1. The number of amides is 2. The van der Waals surface area contributed by atoms with Gasteiger partial charge in [0.05, 0.1) is 22.9 Å². The fraction of sp³-hybridized carbons (Fsp3) is 0.333. The van der Waals surface area contributed by atoms with Crippen molar-refractivity contribution in [2.75, 3.05) is 38.0 Å². The fourth-order valence-corrected chi connectivity index (χ4v) is 4.72. The van der Waals surface area contributed by atoms with E-state index in [0.717, 1.165) is 12.0 Å². The van der Waals surface area contributed by atoms with Gasteiger partial charge in [-0.25, -0.2) is 9.37 Å². The monoisotopic (exact) mass is 528 g/mol. The second-order valence-electron chi connectivity index (χ2n) is 9.65. The number of nitrogens with zero attached hydrogens (tertiary/aromatic N) is 3. The molecule has 3 aromatic rings. The number of hydrogen-bond acceptors (Lipinski definition) is 6. The van der Waals surface area contributed by atoms with Crippen molar-refractivity contribution in [3.8, 4) is 17.3 Å². The van der Waals surface area contributed by atoms with Crippen LogP contribution in [0.25, 0.3) is 11.3 Å². The maximum atomic E-state index is 13.6. The maximum Gasteiger partial charge on any atom is 0.255 e. The zero-order valence-electron chi connectivity index (χ0n) is 21.8. The largest absolute Gasteiger partial charge is 0.369 e. The zero-order valence-corrected chi connectivity index (χ0v) is 21.8. The van der Waals surface area contributed by atoms with E-state index < -0.39 is 0 Å². The van der Waals surface area contributed by atoms with E-state index >= 15 is 0 Å². The van der Waals surface area contributed by atoms with E-state index in [-0.39, 0.29) is 23.5 Å². The van der Waals surface area contributed by atoms with Gasteiger partial charge in [0, 0.05) is 38.2 Å². The Bertz CT molecular complexity index is 1360. The molecular weight excluding hydrogens is 495 g/mol. The van der Waals surface area contributed by atoms with Crippen LogP contribution in [0.15, 0.2) is 60.7 Å². The van der Waals surface area contributed by atoms with Crippen LogP contribution in [0.5, 0.6) is 0 Å². The molecule has 1 fully saturated rings. The van der Waals surface area contributed by atoms with Gasteiger partial charge in [0.25, 0.3) is 5.91 Å². The standard InChI is InChI=1S/C30H33FN6O2/c31-24-7-3-5-21(17-24)12-15-34-29-26(10-11-27(36-29)25-8-2-1-6-23(25)18-33)30(39)35-19-22-13-16-37(20-22)28(38)9-4-14-32/h1-3,5-8,10-11,17,22H,4,9,12-16,19-20,32H2,(H,34,36)(H,35,39). The van der Waals surface area contributed by atoms with Gasteiger partial charge in [-0.15, -0.1) is 0 Å². The highest BCUT2D eigenvalue weighted by Gasteiger charge is 2.26. The van der Waals surface area contributed by atoms with E-state index in [9.17, 15) is 19.2 Å². The number of nitrogens with one attached hydrogen (secondary N) is 2. The summed E-state index contributed by atoms with van der Waals surface area (Å²) < 4.78 is 13.6. The average molecular weight is 529 g/mol. The minimum Gasteiger partial charge on any atom is -0.369 e. The Labute approximate surface area is 228 Å². The Morgan fingerprint density at radius 1 is 1.15 bits per heavy atom. The van der Waals surface area contributed by atoms with Crippen molar-refractivity contribution in [1.29, 1.82) is 5.26 Å². The number of aromatic nitrogens is 1. The fourth-order valence-electron chi connectivity index (χ4n) is 4.72. The molecule has 2 aromatic carbocycles. The summed E-state index contributed by atoms with van der Waals surface area (Å²) in [5.41, 5.74) is 8.44. The molecule has 2 heterocycles. The molecule has 9 heteroatoms. The Kier molecular flexibility index (Phi) is 9.59. The van der Waals surface area contributed by atoms with E-state index in [0.29, 0.717) is 80.2 Å². The highest BCUT2D eigenvalue weighted by molar-refractivity contribution is 5.99. The predicted octanol–water partition coefficient (Wildman–Crippen LogP) is 3.73. The van der Waals surface area contributed by atoms with Crippen LogP contribution in [-0.4, -0.2) is 54.4 Å². The van der Waals surface area contributed by atoms with Gasteiger partial charge in [0.15, 0.2) is 0 Å². The topological polar surface area (TPSA) is 124 Å². The lowest BCUT2D eigenvalue weighted by Crippen LogP contribution is -2.33. The number of hydrogen-bond donors (Lipinski definition) is 3. The van der Waals surface area contributed by atoms with Gasteiger partial charge in [-0.05, 0) is 67.6 Å². The number of nitrogens with two attached hydrogens (primary N) is 1. The molecule has 1 atom stereocenters. The lowest BCUT2D eigenvalue weighted by Gasteiger charge is -2.17. The van der Waals surface area contributed by atoms with Gasteiger partial charge in [-0.1, -0.05) is 30.3 Å². The van der Waals surface area contributed by atoms with Crippen LogP contribution in [0.4, 0.5) is 10.2 Å². The zero-order chi connectivity index (χ0) is 27.6. The number of carbonyl (C=O) groups is 2. The van der Waals surface area contributed by atoms with Crippen molar-refractivity contribution in [2.45, 2.75) is 25.7 Å². The molecule has 0 saturated carbocycles. The number of rotatable bonds is 11. The molecule has 1 aliphatic heterocycles. The van der Waals surface area contributed by atoms with Crippen molar-refractivity contribution in [1.82, 2.24) is 15.2 Å². The summed E-state index contributed by atoms with van der Waals surface area (Å²) >= 11 is 0. The van der Waals surface area contributed by atoms with Gasteiger partial charge in [0.1, 0.15) is 11.6 Å². The number of carbonyl (C=O) groups excluding carboxylic acids is 2. The summed E-state index contributed by atoms with van der Waals surface area (Å²) in [4.78, 5) is 32.1. The Morgan fingerprint density at radius 3 is 2.79 bits per heavy atom. The second-order valence-corrected chi connectivity index (χ2v) is 9.65. The quantitative estimate of drug-likeness (QED) is 0.348. The molecule has 1 aliphatic rings. The summed E-state index contributed by atoms with van der Waals surface area (Å²) in [5.74, 6) is 0.0988. The summed E-state index contributed by atoms with van der Waals surface area (Å²) in [6.07, 6.45) is 2.49. The van der Waals surface area contributed by atoms with Crippen LogP contribution in [0, 0.1) is 23.1 Å². The van der Waals surface area contributed by atoms with Crippen LogP contribution >= 0.6 is 0 Å². The number of anilines is 1. The normalized spacial score (nSPS) is 14.6. The molecular formula is C30H33FN6O2. The average Bonchev–Trinajstić information content (AvgIpc) is 3.44. The van der Waals surface area contributed by atoms with E-state index in [4.69, 9.17) is 10.7 Å². The molecule has 0 aliphatic carbocycles. The number of pyridine rings is 1. The Balaban J connectivity index is 1.47. The van der Waals surface area contributed by atoms with Gasteiger partial charge >= 0.3 is 0 Å². The maximum absolute atomic E-state index is 13.6.